The Bertz CT molecular complexity index is 2900. The first-order valence-electron chi connectivity index (χ1n) is 16.4. The number of fused-ring (bicyclic) bond motifs is 12. The van der Waals surface area contributed by atoms with Gasteiger partial charge in [-0.1, -0.05) is 146 Å². The molecule has 2 aromatic heterocycles. The van der Waals surface area contributed by atoms with Crippen molar-refractivity contribution in [3.63, 3.8) is 0 Å². The van der Waals surface area contributed by atoms with Gasteiger partial charge in [0.05, 0.1) is 16.7 Å². The van der Waals surface area contributed by atoms with Gasteiger partial charge in [0.1, 0.15) is 5.84 Å². The van der Waals surface area contributed by atoms with Crippen molar-refractivity contribution in [2.24, 2.45) is 4.99 Å². The normalized spacial score (nSPS) is 13.7. The third-order valence-corrected chi connectivity index (χ3v) is 11.3. The summed E-state index contributed by atoms with van der Waals surface area (Å²) in [5, 5.41) is 12.8. The molecule has 3 heteroatoms. The van der Waals surface area contributed by atoms with Crippen LogP contribution in [0.25, 0.3) is 74.8 Å². The second kappa shape index (κ2) is 10.2. The van der Waals surface area contributed by atoms with Gasteiger partial charge < -0.3 is 0 Å². The molecule has 3 heterocycles. The van der Waals surface area contributed by atoms with Gasteiger partial charge in [-0.15, -0.1) is 11.3 Å². The first-order valence-corrected chi connectivity index (χ1v) is 17.2. The summed E-state index contributed by atoms with van der Waals surface area (Å²) in [5.41, 5.74) is 6.07. The largest absolute Gasteiger partial charge is 0.296 e. The Morgan fingerprint density at radius 2 is 1.21 bits per heavy atom. The summed E-state index contributed by atoms with van der Waals surface area (Å²) in [6, 6.07) is 51.1. The molecule has 0 saturated heterocycles. The Balaban J connectivity index is 1.43. The topological polar surface area (TPSA) is 17.3 Å². The average Bonchev–Trinajstić information content (AvgIpc) is 3.63. The SMILES string of the molecule is CCC1=c2ccccc2=C(c2ccccc2)N=C(n2c3c4ccccc4ccc3c3ccc4sc5c6ccccc6ccc5c4c32)C1. The van der Waals surface area contributed by atoms with Crippen LogP contribution in [0.5, 0.6) is 0 Å². The van der Waals surface area contributed by atoms with Crippen LogP contribution in [0.1, 0.15) is 25.3 Å². The van der Waals surface area contributed by atoms with Crippen LogP contribution in [0.4, 0.5) is 0 Å². The number of rotatable bonds is 2. The van der Waals surface area contributed by atoms with Crippen LogP contribution in [0.15, 0.2) is 145 Å². The number of nitrogens with zero attached hydrogens (tertiary/aromatic N) is 2. The minimum Gasteiger partial charge on any atom is -0.296 e. The lowest BCUT2D eigenvalue weighted by Crippen LogP contribution is -2.28. The van der Waals surface area contributed by atoms with Crippen LogP contribution in [-0.4, -0.2) is 10.4 Å². The lowest BCUT2D eigenvalue weighted by atomic mass is 10.0. The van der Waals surface area contributed by atoms with Crippen LogP contribution >= 0.6 is 11.3 Å². The van der Waals surface area contributed by atoms with Crippen molar-refractivity contribution >= 4 is 92.0 Å². The summed E-state index contributed by atoms with van der Waals surface area (Å²) in [4.78, 5) is 5.73. The Kier molecular flexibility index (Phi) is 5.82. The Morgan fingerprint density at radius 3 is 2.02 bits per heavy atom. The molecule has 0 fully saturated rings. The number of hydrogen-bond donors (Lipinski definition) is 0. The highest BCUT2D eigenvalue weighted by Gasteiger charge is 2.24. The molecule has 0 atom stereocenters. The van der Waals surface area contributed by atoms with Crippen LogP contribution in [-0.2, 0) is 0 Å². The van der Waals surface area contributed by atoms with Crippen LogP contribution in [0.2, 0.25) is 0 Å². The van der Waals surface area contributed by atoms with E-state index in [0.717, 1.165) is 29.9 Å². The molecule has 0 aliphatic carbocycles. The van der Waals surface area contributed by atoms with Crippen LogP contribution in [0, 0.1) is 0 Å². The van der Waals surface area contributed by atoms with Crippen molar-refractivity contribution in [1.29, 1.82) is 0 Å². The fraction of sp³-hybridized carbons (Fsp3) is 0.0682. The van der Waals surface area contributed by atoms with Crippen molar-refractivity contribution in [3.8, 4) is 0 Å². The van der Waals surface area contributed by atoms with Crippen molar-refractivity contribution in [1.82, 2.24) is 4.57 Å². The van der Waals surface area contributed by atoms with E-state index < -0.39 is 0 Å². The van der Waals surface area contributed by atoms with E-state index in [1.807, 2.05) is 11.3 Å². The first-order chi connectivity index (χ1) is 23.3. The second-order valence-corrected chi connectivity index (χ2v) is 13.6. The molecule has 7 aromatic carbocycles. The molecule has 0 saturated carbocycles. The van der Waals surface area contributed by atoms with E-state index in [-0.39, 0.29) is 0 Å². The fourth-order valence-electron chi connectivity index (χ4n) is 7.88. The zero-order valence-electron chi connectivity index (χ0n) is 26.0. The number of benzene rings is 7. The highest BCUT2D eigenvalue weighted by Crippen LogP contribution is 2.45. The molecule has 0 N–H and O–H groups in total. The molecule has 9 aromatic rings. The predicted octanol–water partition coefficient (Wildman–Crippen LogP) is 10.5. The molecule has 222 valence electrons. The maximum absolute atomic E-state index is 5.73. The quantitative estimate of drug-likeness (QED) is 0.183. The monoisotopic (exact) mass is 618 g/mol. The first kappa shape index (κ1) is 26.7. The maximum Gasteiger partial charge on any atom is 0.118 e. The number of aliphatic imine (C=N–C) groups is 1. The Morgan fingerprint density at radius 1 is 0.574 bits per heavy atom. The molecule has 1 aliphatic heterocycles. The smallest absolute Gasteiger partial charge is 0.118 e. The van der Waals surface area contributed by atoms with E-state index in [1.165, 1.54) is 79.5 Å². The molecular formula is C44H30N2S. The fourth-order valence-corrected chi connectivity index (χ4v) is 9.12. The number of hydrogen-bond acceptors (Lipinski definition) is 2. The number of aromatic nitrogens is 1. The minimum atomic E-state index is 0.771. The lowest BCUT2D eigenvalue weighted by molar-refractivity contribution is 1.13. The van der Waals surface area contributed by atoms with E-state index in [1.54, 1.807) is 0 Å². The minimum absolute atomic E-state index is 0.771. The van der Waals surface area contributed by atoms with Gasteiger partial charge in [0, 0.05) is 53.5 Å². The third kappa shape index (κ3) is 3.87. The summed E-state index contributed by atoms with van der Waals surface area (Å²) in [7, 11) is 0. The lowest BCUT2D eigenvalue weighted by Gasteiger charge is -2.15. The molecule has 1 aliphatic rings. The van der Waals surface area contributed by atoms with Gasteiger partial charge in [-0.2, -0.15) is 0 Å². The van der Waals surface area contributed by atoms with E-state index in [9.17, 15) is 0 Å². The van der Waals surface area contributed by atoms with Gasteiger partial charge in [0.15, 0.2) is 0 Å². The molecule has 0 unspecified atom stereocenters. The molecular weight excluding hydrogens is 589 g/mol. The summed E-state index contributed by atoms with van der Waals surface area (Å²) in [5.74, 6) is 1.07. The van der Waals surface area contributed by atoms with E-state index in [0.29, 0.717) is 0 Å². The van der Waals surface area contributed by atoms with Gasteiger partial charge in [0.2, 0.25) is 0 Å². The highest BCUT2D eigenvalue weighted by molar-refractivity contribution is 7.26. The van der Waals surface area contributed by atoms with Gasteiger partial charge in [-0.25, -0.2) is 4.99 Å². The average molecular weight is 619 g/mol. The van der Waals surface area contributed by atoms with Crippen LogP contribution in [0.3, 0.4) is 0 Å². The summed E-state index contributed by atoms with van der Waals surface area (Å²) in [6.45, 7) is 2.29. The van der Waals surface area contributed by atoms with Gasteiger partial charge in [-0.3, -0.25) is 4.57 Å². The van der Waals surface area contributed by atoms with Gasteiger partial charge in [0.25, 0.3) is 0 Å². The van der Waals surface area contributed by atoms with Gasteiger partial charge >= 0.3 is 0 Å². The molecule has 2 nitrogen and oxygen atoms in total. The molecule has 10 rings (SSSR count). The summed E-state index contributed by atoms with van der Waals surface area (Å²) >= 11 is 1.91. The summed E-state index contributed by atoms with van der Waals surface area (Å²) in [6.07, 6.45) is 1.73. The van der Waals surface area contributed by atoms with Crippen molar-refractivity contribution in [2.45, 2.75) is 19.8 Å². The molecule has 0 radical (unpaired) electrons. The second-order valence-electron chi connectivity index (χ2n) is 12.5. The van der Waals surface area contributed by atoms with E-state index >= 15 is 0 Å². The number of thiophene rings is 1. The standard InChI is InChI=1S/C44H30N2S/c1-2-27-26-39(45-41(30-14-4-3-5-15-30)34-19-11-10-16-31(27)34)46-42-32-17-8-6-12-28(32)20-22-35(42)36-24-25-38-40(43(36)46)37-23-21-29-13-7-9-18-33(29)44(37)47-38/h3-25H,2,26H2,1H3. The molecule has 0 spiro atoms. The molecule has 0 amide bonds. The predicted molar refractivity (Wildman–Crippen MR) is 203 cm³/mol. The molecule has 47 heavy (non-hydrogen) atoms. The van der Waals surface area contributed by atoms with Crippen molar-refractivity contribution in [3.05, 3.63) is 156 Å². The van der Waals surface area contributed by atoms with E-state index in [4.69, 9.17) is 4.99 Å². The highest BCUT2D eigenvalue weighted by atomic mass is 32.1. The van der Waals surface area contributed by atoms with E-state index in [2.05, 4.69) is 151 Å². The zero-order chi connectivity index (χ0) is 31.1. The third-order valence-electron chi connectivity index (χ3n) is 10.0. The Labute approximate surface area is 275 Å². The van der Waals surface area contributed by atoms with Crippen molar-refractivity contribution in [2.75, 3.05) is 0 Å². The van der Waals surface area contributed by atoms with Crippen molar-refractivity contribution < 1.29 is 0 Å². The Hall–Kier alpha value is -5.51. The summed E-state index contributed by atoms with van der Waals surface area (Å²) < 4.78 is 5.20. The zero-order valence-corrected chi connectivity index (χ0v) is 26.8. The van der Waals surface area contributed by atoms with Gasteiger partial charge in [-0.05, 0) is 33.9 Å². The maximum atomic E-state index is 5.73. The van der Waals surface area contributed by atoms with Crippen LogP contribution < -0.4 is 10.4 Å². The molecule has 0 bridgehead atoms.